The van der Waals surface area contributed by atoms with Crippen molar-refractivity contribution in [3.63, 3.8) is 0 Å². The highest BCUT2D eigenvalue weighted by molar-refractivity contribution is 9.10. The predicted molar refractivity (Wildman–Crippen MR) is 142 cm³/mol. The molecule has 6 rings (SSSR count). The number of carbonyl (C=O) groups is 1. The fourth-order valence-electron chi connectivity index (χ4n) is 4.63. The minimum atomic E-state index is -0.398. The number of esters is 1. The second-order valence-corrected chi connectivity index (χ2v) is 9.90. The molecule has 0 saturated carbocycles. The van der Waals surface area contributed by atoms with Gasteiger partial charge in [-0.05, 0) is 67.1 Å². The first kappa shape index (κ1) is 22.6. The van der Waals surface area contributed by atoms with E-state index in [1.165, 1.54) is 5.56 Å². The maximum absolute atomic E-state index is 12.5. The molecule has 2 aliphatic rings. The maximum Gasteiger partial charge on any atom is 0.343 e. The molecule has 0 aromatic heterocycles. The van der Waals surface area contributed by atoms with Crippen molar-refractivity contribution in [3.8, 4) is 11.5 Å². The van der Waals surface area contributed by atoms with Gasteiger partial charge in [-0.2, -0.15) is 5.10 Å². The molecule has 0 fully saturated rings. The Morgan fingerprint density at radius 3 is 2.42 bits per heavy atom. The summed E-state index contributed by atoms with van der Waals surface area (Å²) in [7, 11) is 0. The van der Waals surface area contributed by atoms with Crippen molar-refractivity contribution in [1.29, 1.82) is 0 Å². The normalized spacial score (nSPS) is 18.1. The van der Waals surface area contributed by atoms with Gasteiger partial charge in [-0.1, -0.05) is 64.0 Å². The summed E-state index contributed by atoms with van der Waals surface area (Å²) in [5.41, 5.74) is 5.97. The van der Waals surface area contributed by atoms with Crippen LogP contribution in [0.25, 0.3) is 0 Å². The fraction of sp³-hybridized carbons (Fsp3) is 0.133. The number of rotatable bonds is 4. The molecule has 0 aliphatic carbocycles. The van der Waals surface area contributed by atoms with Crippen LogP contribution in [-0.2, 0) is 0 Å². The topological polar surface area (TPSA) is 51.1 Å². The van der Waals surface area contributed by atoms with E-state index in [9.17, 15) is 4.79 Å². The van der Waals surface area contributed by atoms with Gasteiger partial charge in [0.05, 0.1) is 17.3 Å². The second kappa shape index (κ2) is 9.28. The summed E-state index contributed by atoms with van der Waals surface area (Å²) < 4.78 is 12.9. The van der Waals surface area contributed by atoms with Crippen molar-refractivity contribution in [2.24, 2.45) is 5.10 Å². The van der Waals surface area contributed by atoms with Crippen molar-refractivity contribution >= 4 is 27.6 Å². The highest BCUT2D eigenvalue weighted by Gasteiger charge is 2.40. The Morgan fingerprint density at radius 1 is 0.944 bits per heavy atom. The van der Waals surface area contributed by atoms with Crippen LogP contribution in [0.1, 0.15) is 51.3 Å². The molecule has 178 valence electrons. The lowest BCUT2D eigenvalue weighted by Crippen LogP contribution is -2.33. The summed E-state index contributed by atoms with van der Waals surface area (Å²) in [6.45, 7) is 2.09. The quantitative estimate of drug-likeness (QED) is 0.203. The Balaban J connectivity index is 1.28. The number of carbonyl (C=O) groups excluding carboxylic acids is 1. The third-order valence-corrected chi connectivity index (χ3v) is 7.07. The van der Waals surface area contributed by atoms with Crippen LogP contribution in [0.15, 0.2) is 107 Å². The van der Waals surface area contributed by atoms with E-state index in [1.807, 2.05) is 42.5 Å². The molecule has 0 N–H and O–H groups in total. The first-order valence-electron chi connectivity index (χ1n) is 11.8. The van der Waals surface area contributed by atoms with Crippen molar-refractivity contribution in [2.45, 2.75) is 25.6 Å². The lowest BCUT2D eigenvalue weighted by atomic mass is 9.95. The Hall–Kier alpha value is -3.90. The minimum Gasteiger partial charge on any atom is -0.464 e. The van der Waals surface area contributed by atoms with Crippen molar-refractivity contribution < 1.29 is 14.3 Å². The number of hydrogen-bond donors (Lipinski definition) is 0. The Kier molecular flexibility index (Phi) is 5.82. The number of hydrogen-bond acceptors (Lipinski definition) is 5. The number of nitrogens with zero attached hydrogens (tertiary/aromatic N) is 2. The van der Waals surface area contributed by atoms with Crippen molar-refractivity contribution in [3.05, 3.63) is 129 Å². The molecule has 0 spiro atoms. The molecule has 2 atom stereocenters. The van der Waals surface area contributed by atoms with Crippen LogP contribution in [-0.4, -0.2) is 16.7 Å². The van der Waals surface area contributed by atoms with Gasteiger partial charge >= 0.3 is 5.97 Å². The van der Waals surface area contributed by atoms with Gasteiger partial charge in [0.2, 0.25) is 6.23 Å². The summed E-state index contributed by atoms with van der Waals surface area (Å²) in [6.07, 6.45) is 0.423. The predicted octanol–water partition coefficient (Wildman–Crippen LogP) is 7.22. The molecular weight excluding hydrogens is 516 g/mol. The largest absolute Gasteiger partial charge is 0.464 e. The first-order valence-corrected chi connectivity index (χ1v) is 12.6. The Bertz CT molecular complexity index is 1450. The Morgan fingerprint density at radius 2 is 1.67 bits per heavy atom. The third kappa shape index (κ3) is 4.29. The minimum absolute atomic E-state index is 0.0890. The molecular formula is C30H23BrN2O3. The van der Waals surface area contributed by atoms with E-state index >= 15 is 0 Å². The van der Waals surface area contributed by atoms with Crippen molar-refractivity contribution in [2.75, 3.05) is 0 Å². The molecule has 0 radical (unpaired) electrons. The molecule has 2 heterocycles. The highest BCUT2D eigenvalue weighted by Crippen LogP contribution is 2.47. The van der Waals surface area contributed by atoms with E-state index < -0.39 is 5.97 Å². The molecule has 6 heteroatoms. The first-order chi connectivity index (χ1) is 17.5. The number of ether oxygens (including phenoxy) is 2. The zero-order valence-electron chi connectivity index (χ0n) is 19.6. The summed E-state index contributed by atoms with van der Waals surface area (Å²) in [6, 6.07) is 31.3. The molecule has 4 aromatic carbocycles. The fourth-order valence-corrected chi connectivity index (χ4v) is 4.89. The lowest BCUT2D eigenvalue weighted by Gasteiger charge is -2.38. The molecule has 5 nitrogen and oxygen atoms in total. The smallest absolute Gasteiger partial charge is 0.343 e. The van der Waals surface area contributed by atoms with Crippen LogP contribution in [0.2, 0.25) is 0 Å². The summed E-state index contributed by atoms with van der Waals surface area (Å²) >= 11 is 3.38. The number of hydrazone groups is 1. The van der Waals surface area contributed by atoms with Crippen LogP contribution >= 0.6 is 15.9 Å². The maximum atomic E-state index is 12.5. The van der Waals surface area contributed by atoms with Gasteiger partial charge in [0.15, 0.2) is 0 Å². The molecule has 0 amide bonds. The average Bonchev–Trinajstić information content (AvgIpc) is 3.35. The van der Waals surface area contributed by atoms with Crippen LogP contribution < -0.4 is 9.47 Å². The average molecular weight is 539 g/mol. The van der Waals surface area contributed by atoms with Gasteiger partial charge in [0.1, 0.15) is 11.5 Å². The number of aryl methyl sites for hydroxylation is 1. The Labute approximate surface area is 218 Å². The SMILES string of the molecule is Cc1ccc(C2=NN3[C@@H](c4ccc(OC(=O)c5ccc(Br)cc5)cc4)Oc4ccccc4[C@@H]3C2)cc1. The van der Waals surface area contributed by atoms with Crippen LogP contribution in [0.3, 0.4) is 0 Å². The third-order valence-electron chi connectivity index (χ3n) is 6.54. The van der Waals surface area contributed by atoms with E-state index in [4.69, 9.17) is 14.6 Å². The highest BCUT2D eigenvalue weighted by atomic mass is 79.9. The van der Waals surface area contributed by atoms with E-state index in [0.717, 1.165) is 39.0 Å². The van der Waals surface area contributed by atoms with Gasteiger partial charge in [0.25, 0.3) is 0 Å². The lowest BCUT2D eigenvalue weighted by molar-refractivity contribution is -0.0190. The zero-order valence-corrected chi connectivity index (χ0v) is 21.2. The summed E-state index contributed by atoms with van der Waals surface area (Å²) in [5, 5.41) is 7.08. The van der Waals surface area contributed by atoms with Gasteiger partial charge < -0.3 is 9.47 Å². The number of benzene rings is 4. The van der Waals surface area contributed by atoms with Gasteiger partial charge in [-0.15, -0.1) is 0 Å². The second-order valence-electron chi connectivity index (χ2n) is 8.99. The molecule has 0 saturated heterocycles. The van der Waals surface area contributed by atoms with Gasteiger partial charge in [-0.25, -0.2) is 9.80 Å². The summed E-state index contributed by atoms with van der Waals surface area (Å²) in [5.74, 6) is 0.949. The molecule has 36 heavy (non-hydrogen) atoms. The number of fused-ring (bicyclic) bond motifs is 3. The van der Waals surface area contributed by atoms with E-state index in [0.29, 0.717) is 11.3 Å². The molecule has 2 aliphatic heterocycles. The van der Waals surface area contributed by atoms with E-state index in [1.54, 1.807) is 24.3 Å². The monoisotopic (exact) mass is 538 g/mol. The van der Waals surface area contributed by atoms with Gasteiger partial charge in [-0.3, -0.25) is 0 Å². The van der Waals surface area contributed by atoms with Crippen LogP contribution in [0.5, 0.6) is 11.5 Å². The van der Waals surface area contributed by atoms with E-state index in [2.05, 4.69) is 58.2 Å². The van der Waals surface area contributed by atoms with Crippen LogP contribution in [0, 0.1) is 6.92 Å². The zero-order chi connectivity index (χ0) is 24.6. The van der Waals surface area contributed by atoms with E-state index in [-0.39, 0.29) is 12.3 Å². The molecule has 4 aromatic rings. The van der Waals surface area contributed by atoms with Crippen LogP contribution in [0.4, 0.5) is 0 Å². The standard InChI is InChI=1S/C30H23BrN2O3/c1-19-6-8-20(9-7-19)26-18-27-25-4-2-3-5-28(25)36-29(33(27)32-26)21-12-16-24(17-13-21)35-30(34)22-10-14-23(31)15-11-22/h2-17,27,29H,18H2,1H3/t27-,29+/m0/s1. The number of halogens is 1. The summed E-state index contributed by atoms with van der Waals surface area (Å²) in [4.78, 5) is 12.5. The van der Waals surface area contributed by atoms with Crippen molar-refractivity contribution in [1.82, 2.24) is 5.01 Å². The van der Waals surface area contributed by atoms with Gasteiger partial charge in [0, 0.05) is 22.0 Å². The molecule has 0 unspecified atom stereocenters. The number of para-hydroxylation sites is 1. The molecule has 0 bridgehead atoms.